The van der Waals surface area contributed by atoms with E-state index in [2.05, 4.69) is 14.3 Å². The standard InChI is InChI=1S/C23H32N4O5S2.ClH/c1-26(23(28)16-18-9-4-5-12-21(18)25-34(3,31)32)22(17-27-13-6-7-14-27)19-10-8-11-20(15-19)24-33(2,29)30;/h4-5,8-12,15,22,24-25H,6-7,13-14,16-17H2,1-3H3;1H/t22-;/m1./s1. The molecule has 1 heterocycles. The number of halogens is 1. The summed E-state index contributed by atoms with van der Waals surface area (Å²) in [7, 11) is -5.20. The van der Waals surface area contributed by atoms with Gasteiger partial charge in [0.15, 0.2) is 0 Å². The van der Waals surface area contributed by atoms with Gasteiger partial charge in [-0.3, -0.25) is 14.2 Å². The van der Waals surface area contributed by atoms with E-state index in [4.69, 9.17) is 0 Å². The Hall–Kier alpha value is -2.34. The third kappa shape index (κ3) is 8.99. The van der Waals surface area contributed by atoms with Crippen LogP contribution in [0.2, 0.25) is 0 Å². The molecule has 12 heteroatoms. The molecule has 2 N–H and O–H groups in total. The number of carbonyl (C=O) groups excluding carboxylic acids is 1. The van der Waals surface area contributed by atoms with Crippen LogP contribution in [0, 0.1) is 0 Å². The van der Waals surface area contributed by atoms with Crippen molar-refractivity contribution in [3.05, 3.63) is 59.7 Å². The lowest BCUT2D eigenvalue weighted by Gasteiger charge is -2.32. The number of nitrogens with zero attached hydrogens (tertiary/aromatic N) is 2. The summed E-state index contributed by atoms with van der Waals surface area (Å²) in [5.74, 6) is -0.173. The fourth-order valence-corrected chi connectivity index (χ4v) is 5.27. The zero-order valence-corrected chi connectivity index (χ0v) is 22.5. The molecule has 0 radical (unpaired) electrons. The molecular weight excluding hydrogens is 512 g/mol. The number of sulfonamides is 2. The summed E-state index contributed by atoms with van der Waals surface area (Å²) in [6, 6.07) is 13.6. The number of likely N-dealkylation sites (tertiary alicyclic amines) is 1. The van der Waals surface area contributed by atoms with Crippen LogP contribution in [0.15, 0.2) is 48.5 Å². The van der Waals surface area contributed by atoms with Crippen LogP contribution in [-0.2, 0) is 31.3 Å². The second-order valence-corrected chi connectivity index (χ2v) is 12.2. The molecule has 0 aliphatic carbocycles. The van der Waals surface area contributed by atoms with Gasteiger partial charge >= 0.3 is 0 Å². The Labute approximate surface area is 214 Å². The van der Waals surface area contributed by atoms with Gasteiger partial charge in [0.1, 0.15) is 0 Å². The third-order valence-corrected chi connectivity index (χ3v) is 6.92. The first-order valence-corrected chi connectivity index (χ1v) is 14.8. The SMILES string of the molecule is CN(C(=O)Cc1ccccc1NS(C)(=O)=O)[C@H](CN1CCCC1)c1cccc(NS(C)(=O)=O)c1.Cl. The number of amides is 1. The van der Waals surface area contributed by atoms with Gasteiger partial charge in [-0.05, 0) is 55.3 Å². The quantitative estimate of drug-likeness (QED) is 0.475. The van der Waals surface area contributed by atoms with Gasteiger partial charge in [0.2, 0.25) is 26.0 Å². The van der Waals surface area contributed by atoms with Crippen LogP contribution >= 0.6 is 12.4 Å². The molecule has 2 aromatic carbocycles. The van der Waals surface area contributed by atoms with Gasteiger partial charge in [0.25, 0.3) is 0 Å². The summed E-state index contributed by atoms with van der Waals surface area (Å²) < 4.78 is 51.8. The molecule has 1 aliphatic heterocycles. The summed E-state index contributed by atoms with van der Waals surface area (Å²) in [6.45, 7) is 2.51. The second kappa shape index (κ2) is 12.1. The maximum Gasteiger partial charge on any atom is 0.229 e. The van der Waals surface area contributed by atoms with Crippen LogP contribution < -0.4 is 9.44 Å². The molecule has 1 amide bonds. The van der Waals surface area contributed by atoms with Crippen molar-refractivity contribution in [1.29, 1.82) is 0 Å². The first-order chi connectivity index (χ1) is 15.9. The van der Waals surface area contributed by atoms with Crippen LogP contribution in [0.3, 0.4) is 0 Å². The van der Waals surface area contributed by atoms with Gasteiger partial charge in [0, 0.05) is 19.3 Å². The van der Waals surface area contributed by atoms with E-state index in [0.29, 0.717) is 23.5 Å². The summed E-state index contributed by atoms with van der Waals surface area (Å²) in [5, 5.41) is 0. The van der Waals surface area contributed by atoms with E-state index >= 15 is 0 Å². The average molecular weight is 545 g/mol. The molecule has 1 fully saturated rings. The fourth-order valence-electron chi connectivity index (χ4n) is 4.12. The number of carbonyl (C=O) groups is 1. The molecule has 0 aromatic heterocycles. The van der Waals surface area contributed by atoms with Crippen molar-refractivity contribution in [2.45, 2.75) is 25.3 Å². The van der Waals surface area contributed by atoms with Gasteiger partial charge in [-0.2, -0.15) is 0 Å². The zero-order chi connectivity index (χ0) is 24.9. The van der Waals surface area contributed by atoms with Gasteiger partial charge < -0.3 is 9.80 Å². The van der Waals surface area contributed by atoms with Crippen LogP contribution in [0.5, 0.6) is 0 Å². The van der Waals surface area contributed by atoms with Crippen LogP contribution in [0.25, 0.3) is 0 Å². The average Bonchev–Trinajstić information content (AvgIpc) is 3.24. The van der Waals surface area contributed by atoms with Gasteiger partial charge in [-0.1, -0.05) is 30.3 Å². The van der Waals surface area contributed by atoms with E-state index in [-0.39, 0.29) is 30.8 Å². The minimum absolute atomic E-state index is 0. The smallest absolute Gasteiger partial charge is 0.229 e. The third-order valence-electron chi connectivity index (χ3n) is 5.72. The van der Waals surface area contributed by atoms with Crippen molar-refractivity contribution in [3.8, 4) is 0 Å². The highest BCUT2D eigenvalue weighted by molar-refractivity contribution is 7.92. The highest BCUT2D eigenvalue weighted by Gasteiger charge is 2.26. The summed E-state index contributed by atoms with van der Waals surface area (Å²) in [4.78, 5) is 17.3. The molecule has 0 spiro atoms. The molecule has 2 aromatic rings. The van der Waals surface area contributed by atoms with Crippen LogP contribution in [0.1, 0.15) is 30.0 Å². The number of anilines is 2. The number of likely N-dealkylation sites (N-methyl/N-ethyl adjacent to an activating group) is 1. The Morgan fingerprint density at radius 1 is 0.971 bits per heavy atom. The molecule has 0 unspecified atom stereocenters. The van der Waals surface area contributed by atoms with Gasteiger partial charge in [0.05, 0.1) is 30.7 Å². The predicted molar refractivity (Wildman–Crippen MR) is 142 cm³/mol. The molecule has 194 valence electrons. The molecule has 35 heavy (non-hydrogen) atoms. The highest BCUT2D eigenvalue weighted by Crippen LogP contribution is 2.27. The van der Waals surface area contributed by atoms with Crippen molar-refractivity contribution in [3.63, 3.8) is 0 Å². The molecule has 1 aliphatic rings. The molecule has 0 bridgehead atoms. The topological polar surface area (TPSA) is 116 Å². The van der Waals surface area contributed by atoms with E-state index in [1.165, 1.54) is 0 Å². The lowest BCUT2D eigenvalue weighted by Crippen LogP contribution is -2.39. The predicted octanol–water partition coefficient (Wildman–Crippen LogP) is 2.69. The normalized spacial score (nSPS) is 15.2. The van der Waals surface area contributed by atoms with Crippen LogP contribution in [0.4, 0.5) is 11.4 Å². The van der Waals surface area contributed by atoms with E-state index < -0.39 is 20.0 Å². The van der Waals surface area contributed by atoms with Crippen molar-refractivity contribution in [1.82, 2.24) is 9.80 Å². The summed E-state index contributed by atoms with van der Waals surface area (Å²) in [6.07, 6.45) is 4.39. The number of hydrogen-bond acceptors (Lipinski definition) is 6. The molecule has 1 saturated heterocycles. The number of rotatable bonds is 10. The Kier molecular flexibility index (Phi) is 9.96. The zero-order valence-electron chi connectivity index (χ0n) is 20.1. The summed E-state index contributed by atoms with van der Waals surface area (Å²) in [5.41, 5.74) is 2.22. The minimum atomic E-state index is -3.49. The first-order valence-electron chi connectivity index (χ1n) is 11.0. The van der Waals surface area contributed by atoms with Gasteiger partial charge in [-0.25, -0.2) is 16.8 Å². The lowest BCUT2D eigenvalue weighted by atomic mass is 10.0. The lowest BCUT2D eigenvalue weighted by molar-refractivity contribution is -0.131. The highest BCUT2D eigenvalue weighted by atomic mass is 35.5. The van der Waals surface area contributed by atoms with E-state index in [1.807, 2.05) is 6.07 Å². The molecule has 3 rings (SSSR count). The van der Waals surface area contributed by atoms with E-state index in [9.17, 15) is 21.6 Å². The van der Waals surface area contributed by atoms with Crippen molar-refractivity contribution in [2.75, 3.05) is 48.6 Å². The number of hydrogen-bond donors (Lipinski definition) is 2. The maximum absolute atomic E-state index is 13.4. The Bertz CT molecular complexity index is 1230. The molecular formula is C23H33ClN4O5S2. The first kappa shape index (κ1) is 28.9. The Morgan fingerprint density at radius 2 is 1.60 bits per heavy atom. The van der Waals surface area contributed by atoms with Gasteiger partial charge in [-0.15, -0.1) is 12.4 Å². The molecule has 1 atom stereocenters. The maximum atomic E-state index is 13.4. The second-order valence-electron chi connectivity index (χ2n) is 8.74. The molecule has 0 saturated carbocycles. The number of nitrogens with one attached hydrogen (secondary N) is 2. The monoisotopic (exact) mass is 544 g/mol. The Balaban J connectivity index is 0.00000432. The Morgan fingerprint density at radius 3 is 2.23 bits per heavy atom. The van der Waals surface area contributed by atoms with Crippen molar-refractivity contribution >= 4 is 49.7 Å². The largest absolute Gasteiger partial charge is 0.337 e. The van der Waals surface area contributed by atoms with Crippen molar-refractivity contribution < 1.29 is 21.6 Å². The van der Waals surface area contributed by atoms with Crippen LogP contribution in [-0.4, -0.2) is 71.7 Å². The van der Waals surface area contributed by atoms with E-state index in [0.717, 1.165) is 44.0 Å². The number of benzene rings is 2. The fraction of sp³-hybridized carbons (Fsp3) is 0.435. The van der Waals surface area contributed by atoms with Crippen molar-refractivity contribution in [2.24, 2.45) is 0 Å². The minimum Gasteiger partial charge on any atom is -0.337 e. The number of para-hydroxylation sites is 1. The summed E-state index contributed by atoms with van der Waals surface area (Å²) >= 11 is 0. The van der Waals surface area contributed by atoms with E-state index in [1.54, 1.807) is 54.4 Å². The molecule has 9 nitrogen and oxygen atoms in total.